The number of fused-ring (bicyclic) bond motifs is 6. The second-order valence-electron chi connectivity index (χ2n) is 8.18. The largest absolute Gasteiger partial charge is 0.335 e. The maximum absolute atomic E-state index is 13.4. The van der Waals surface area contributed by atoms with Gasteiger partial charge >= 0.3 is 6.03 Å². The summed E-state index contributed by atoms with van der Waals surface area (Å²) in [5.74, 6) is -0.0911. The highest BCUT2D eigenvalue weighted by molar-refractivity contribution is 6.25. The van der Waals surface area contributed by atoms with E-state index in [-0.39, 0.29) is 41.5 Å². The Morgan fingerprint density at radius 1 is 1.17 bits per heavy atom. The molecule has 2 aromatic rings. The molecule has 144 valence electrons. The second-order valence-corrected chi connectivity index (χ2v) is 8.18. The van der Waals surface area contributed by atoms with Crippen LogP contribution in [0.2, 0.25) is 0 Å². The van der Waals surface area contributed by atoms with Gasteiger partial charge in [0.15, 0.2) is 0 Å². The number of likely N-dealkylation sites (tertiary alicyclic amines) is 1. The highest BCUT2D eigenvalue weighted by atomic mass is 16.2. The molecule has 2 bridgehead atoms. The van der Waals surface area contributed by atoms with Crippen molar-refractivity contribution < 1.29 is 14.4 Å². The molecule has 4 fully saturated rings. The van der Waals surface area contributed by atoms with E-state index in [1.54, 1.807) is 29.2 Å². The van der Waals surface area contributed by atoms with E-state index in [1.807, 2.05) is 4.90 Å². The van der Waals surface area contributed by atoms with Crippen LogP contribution in [0.5, 0.6) is 0 Å². The van der Waals surface area contributed by atoms with Crippen LogP contribution in [0, 0.1) is 17.2 Å². The fourth-order valence-electron chi connectivity index (χ4n) is 5.14. The zero-order valence-corrected chi connectivity index (χ0v) is 15.5. The van der Waals surface area contributed by atoms with Crippen molar-refractivity contribution in [2.45, 2.75) is 37.4 Å². The van der Waals surface area contributed by atoms with Gasteiger partial charge in [0.05, 0.1) is 24.0 Å². The molecule has 4 aliphatic rings. The van der Waals surface area contributed by atoms with Crippen molar-refractivity contribution in [2.75, 3.05) is 11.4 Å². The third-order valence-electron chi connectivity index (χ3n) is 6.60. The fraction of sp³-hybridized carbons (Fsp3) is 0.381. The highest BCUT2D eigenvalue weighted by Gasteiger charge is 2.63. The number of carbonyl (C=O) groups excluding carboxylic acids is 3. The molecule has 0 radical (unpaired) electrons. The second kappa shape index (κ2) is 5.54. The topological polar surface area (TPSA) is 97.6 Å². The van der Waals surface area contributed by atoms with Crippen LogP contribution in [-0.2, 0) is 9.59 Å². The summed E-state index contributed by atoms with van der Waals surface area (Å²) in [6, 6.07) is 7.85. The van der Waals surface area contributed by atoms with Crippen LogP contribution in [0.3, 0.4) is 0 Å². The number of aromatic nitrogens is 1. The van der Waals surface area contributed by atoms with Gasteiger partial charge in [-0.2, -0.15) is 5.26 Å². The summed E-state index contributed by atoms with van der Waals surface area (Å²) < 4.78 is 0. The maximum atomic E-state index is 13.4. The molecule has 3 unspecified atom stereocenters. The monoisotopic (exact) mass is 387 g/mol. The first-order valence-electron chi connectivity index (χ1n) is 9.84. The van der Waals surface area contributed by atoms with E-state index >= 15 is 0 Å². The molecular weight excluding hydrogens is 370 g/mol. The molecule has 1 saturated carbocycles. The van der Waals surface area contributed by atoms with Gasteiger partial charge in [-0.05, 0) is 19.3 Å². The van der Waals surface area contributed by atoms with E-state index < -0.39 is 6.04 Å². The molecule has 8 heteroatoms. The van der Waals surface area contributed by atoms with Gasteiger partial charge in [-0.1, -0.05) is 24.3 Å². The third-order valence-corrected chi connectivity index (χ3v) is 6.60. The van der Waals surface area contributed by atoms with Gasteiger partial charge < -0.3 is 9.80 Å². The zero-order valence-electron chi connectivity index (χ0n) is 15.5. The van der Waals surface area contributed by atoms with Crippen LogP contribution < -0.4 is 4.90 Å². The number of nitriles is 1. The van der Waals surface area contributed by atoms with E-state index in [0.717, 1.165) is 12.8 Å². The van der Waals surface area contributed by atoms with Crippen LogP contribution in [0.4, 0.5) is 10.5 Å². The molecule has 4 heterocycles. The maximum Gasteiger partial charge on any atom is 0.332 e. The summed E-state index contributed by atoms with van der Waals surface area (Å²) in [4.78, 5) is 48.1. The Morgan fingerprint density at radius 3 is 2.66 bits per heavy atom. The molecule has 6 rings (SSSR count). The number of imide groups is 1. The van der Waals surface area contributed by atoms with Crippen molar-refractivity contribution in [3.63, 3.8) is 0 Å². The molecule has 8 nitrogen and oxygen atoms in total. The summed E-state index contributed by atoms with van der Waals surface area (Å²) in [5.41, 5.74) is 0.647. The fourth-order valence-corrected chi connectivity index (χ4v) is 5.14. The van der Waals surface area contributed by atoms with Crippen molar-refractivity contribution in [3.05, 3.63) is 36.2 Å². The quantitative estimate of drug-likeness (QED) is 0.730. The lowest BCUT2D eigenvalue weighted by Gasteiger charge is -2.35. The van der Waals surface area contributed by atoms with Crippen LogP contribution in [0.15, 0.2) is 30.5 Å². The number of anilines is 1. The van der Waals surface area contributed by atoms with Gasteiger partial charge in [-0.3, -0.25) is 9.59 Å². The van der Waals surface area contributed by atoms with Crippen LogP contribution in [-0.4, -0.2) is 57.3 Å². The van der Waals surface area contributed by atoms with Crippen molar-refractivity contribution >= 4 is 34.3 Å². The van der Waals surface area contributed by atoms with Gasteiger partial charge in [0.25, 0.3) is 5.91 Å². The minimum atomic E-state index is -0.627. The van der Waals surface area contributed by atoms with Crippen molar-refractivity contribution in [1.82, 2.24) is 14.8 Å². The minimum Gasteiger partial charge on any atom is -0.335 e. The van der Waals surface area contributed by atoms with Crippen molar-refractivity contribution in [3.8, 4) is 6.07 Å². The first-order valence-corrected chi connectivity index (χ1v) is 9.84. The number of piperazine rings is 1. The molecule has 29 heavy (non-hydrogen) atoms. The number of urea groups is 1. The molecule has 1 aromatic carbocycles. The number of pyridine rings is 1. The number of carbonyl (C=O) groups is 3. The molecule has 0 spiro atoms. The van der Waals surface area contributed by atoms with E-state index in [4.69, 9.17) is 0 Å². The summed E-state index contributed by atoms with van der Waals surface area (Å²) in [6.45, 7) is 0.510. The first-order chi connectivity index (χ1) is 14.1. The predicted octanol–water partition coefficient (Wildman–Crippen LogP) is 1.64. The zero-order chi connectivity index (χ0) is 19.9. The van der Waals surface area contributed by atoms with Gasteiger partial charge in [0, 0.05) is 23.2 Å². The average Bonchev–Trinajstić information content (AvgIpc) is 3.33. The van der Waals surface area contributed by atoms with Crippen LogP contribution >= 0.6 is 0 Å². The lowest BCUT2D eigenvalue weighted by atomic mass is 10.1. The van der Waals surface area contributed by atoms with Crippen LogP contribution in [0.25, 0.3) is 10.8 Å². The third kappa shape index (κ3) is 2.07. The van der Waals surface area contributed by atoms with Crippen LogP contribution in [0.1, 0.15) is 25.0 Å². The number of nitrogens with zero attached hydrogens (tertiary/aromatic N) is 5. The lowest BCUT2D eigenvalue weighted by molar-refractivity contribution is -0.136. The molecule has 1 aromatic heterocycles. The molecular formula is C21H17N5O3. The van der Waals surface area contributed by atoms with Gasteiger partial charge in [0.2, 0.25) is 5.91 Å². The first kappa shape index (κ1) is 16.5. The number of hydrogen-bond acceptors (Lipinski definition) is 5. The van der Waals surface area contributed by atoms with Gasteiger partial charge in [-0.25, -0.2) is 14.7 Å². The standard InChI is InChI=1S/C21H17N5O3/c22-8-15-13-3-1-2-4-14(13)17(9-23-15)26-20(28)18-16-7-12(25(18)21(26)29)10-24(16)19(27)11-5-6-11/h1-4,9,11-12,16,18H,5-7,10H2. The van der Waals surface area contributed by atoms with E-state index in [1.165, 1.54) is 11.1 Å². The van der Waals surface area contributed by atoms with Crippen molar-refractivity contribution in [1.29, 1.82) is 5.26 Å². The number of amides is 4. The van der Waals surface area contributed by atoms with E-state index in [9.17, 15) is 19.6 Å². The Bertz CT molecular complexity index is 1150. The van der Waals surface area contributed by atoms with Gasteiger partial charge in [0.1, 0.15) is 17.8 Å². The number of benzene rings is 1. The van der Waals surface area contributed by atoms with E-state index in [0.29, 0.717) is 29.4 Å². The Kier molecular flexibility index (Phi) is 3.15. The lowest BCUT2D eigenvalue weighted by Crippen LogP contribution is -2.55. The Morgan fingerprint density at radius 2 is 1.93 bits per heavy atom. The molecule has 3 aliphatic heterocycles. The summed E-state index contributed by atoms with van der Waals surface area (Å²) >= 11 is 0. The Labute approximate surface area is 166 Å². The summed E-state index contributed by atoms with van der Waals surface area (Å²) in [7, 11) is 0. The average molecular weight is 387 g/mol. The van der Waals surface area contributed by atoms with E-state index in [2.05, 4.69) is 11.1 Å². The number of hydrogen-bond donors (Lipinski definition) is 0. The van der Waals surface area contributed by atoms with Gasteiger partial charge in [-0.15, -0.1) is 0 Å². The Hall–Kier alpha value is -3.47. The molecule has 3 atom stereocenters. The molecule has 1 aliphatic carbocycles. The summed E-state index contributed by atoms with van der Waals surface area (Å²) in [6.07, 6.45) is 3.93. The molecule has 0 N–H and O–H groups in total. The SMILES string of the molecule is N#Cc1ncc(N2C(=O)C3C4CC(CN4C(=O)C4CC4)N3C2=O)c2ccccc12. The predicted molar refractivity (Wildman–Crippen MR) is 102 cm³/mol. The summed E-state index contributed by atoms with van der Waals surface area (Å²) in [5, 5.41) is 10.6. The number of rotatable bonds is 2. The van der Waals surface area contributed by atoms with Crippen molar-refractivity contribution in [2.24, 2.45) is 5.92 Å². The molecule has 4 amide bonds. The Balaban J connectivity index is 1.41. The smallest absolute Gasteiger partial charge is 0.332 e. The highest BCUT2D eigenvalue weighted by Crippen LogP contribution is 2.45. The molecule has 3 saturated heterocycles. The normalized spacial score (nSPS) is 27.7. The minimum absolute atomic E-state index is 0.0952.